The summed E-state index contributed by atoms with van der Waals surface area (Å²) in [5, 5.41) is 23.9. The van der Waals surface area contributed by atoms with Gasteiger partial charge in [0.1, 0.15) is 18.1 Å². The minimum absolute atomic E-state index is 0.000445. The van der Waals surface area contributed by atoms with Gasteiger partial charge in [-0.2, -0.15) is 5.26 Å². The standard InChI is InChI=1S/C18H17FN8/c19-13-5-10(7-20)8-22-16(13)24-12-2-1-11(6-12)18-26-25-15-9-23-17-14(27(15)18)3-4-21-17/h3-5,8-9,11-12,14,17,21H,1-2,6H2,(H,22,24)/t11-,12+,14?,17?/m1/s1. The van der Waals surface area contributed by atoms with E-state index in [1.807, 2.05) is 12.3 Å². The van der Waals surface area contributed by atoms with Crippen molar-refractivity contribution >= 4 is 12.0 Å². The highest BCUT2D eigenvalue weighted by Gasteiger charge is 2.36. The lowest BCUT2D eigenvalue weighted by Crippen LogP contribution is -2.32. The Labute approximate surface area is 154 Å². The Morgan fingerprint density at radius 2 is 2.26 bits per heavy atom. The highest BCUT2D eigenvalue weighted by atomic mass is 19.1. The number of hydrogen-bond acceptors (Lipinski definition) is 7. The fourth-order valence-corrected chi connectivity index (χ4v) is 4.10. The fraction of sp³-hybridized carbons (Fsp3) is 0.389. The molecule has 9 heteroatoms. The van der Waals surface area contributed by atoms with Crippen molar-refractivity contribution in [1.29, 1.82) is 5.26 Å². The maximum absolute atomic E-state index is 14.1. The molecule has 0 spiro atoms. The average molecular weight is 364 g/mol. The third-order valence-electron chi connectivity index (χ3n) is 5.39. The van der Waals surface area contributed by atoms with Crippen LogP contribution in [0.25, 0.3) is 0 Å². The quantitative estimate of drug-likeness (QED) is 0.861. The normalized spacial score (nSPS) is 27.7. The van der Waals surface area contributed by atoms with Crippen molar-refractivity contribution in [3.8, 4) is 6.07 Å². The molecule has 2 aromatic heterocycles. The number of nitriles is 1. The van der Waals surface area contributed by atoms with Gasteiger partial charge in [-0.3, -0.25) is 9.56 Å². The number of aromatic nitrogens is 4. The summed E-state index contributed by atoms with van der Waals surface area (Å²) in [4.78, 5) is 8.50. The predicted octanol–water partition coefficient (Wildman–Crippen LogP) is 1.85. The van der Waals surface area contributed by atoms with Crippen LogP contribution in [0.3, 0.4) is 0 Å². The lowest BCUT2D eigenvalue weighted by molar-refractivity contribution is 0.443. The van der Waals surface area contributed by atoms with Crippen LogP contribution in [0.1, 0.15) is 48.4 Å². The van der Waals surface area contributed by atoms with E-state index in [-0.39, 0.29) is 35.5 Å². The summed E-state index contributed by atoms with van der Waals surface area (Å²) < 4.78 is 16.3. The number of pyridine rings is 1. The zero-order valence-electron chi connectivity index (χ0n) is 14.4. The Morgan fingerprint density at radius 3 is 3.11 bits per heavy atom. The molecule has 136 valence electrons. The van der Waals surface area contributed by atoms with Crippen LogP contribution in [0.15, 0.2) is 29.5 Å². The number of nitrogens with zero attached hydrogens (tertiary/aromatic N) is 6. The van der Waals surface area contributed by atoms with Crippen LogP contribution < -0.4 is 10.6 Å². The molecule has 4 heterocycles. The van der Waals surface area contributed by atoms with E-state index in [0.29, 0.717) is 0 Å². The van der Waals surface area contributed by atoms with Gasteiger partial charge < -0.3 is 10.6 Å². The molecule has 3 aliphatic rings. The summed E-state index contributed by atoms with van der Waals surface area (Å²) in [5.74, 6) is 1.66. The van der Waals surface area contributed by atoms with Crippen LogP contribution in [0, 0.1) is 17.1 Å². The smallest absolute Gasteiger partial charge is 0.175 e. The van der Waals surface area contributed by atoms with E-state index < -0.39 is 5.82 Å². The topological polar surface area (TPSA) is 104 Å². The summed E-state index contributed by atoms with van der Waals surface area (Å²) in [5.41, 5.74) is 0.215. The Balaban J connectivity index is 1.34. The molecule has 5 rings (SSSR count). The predicted molar refractivity (Wildman–Crippen MR) is 95.6 cm³/mol. The lowest BCUT2D eigenvalue weighted by Gasteiger charge is -2.25. The van der Waals surface area contributed by atoms with E-state index in [2.05, 4.69) is 41.5 Å². The van der Waals surface area contributed by atoms with Gasteiger partial charge in [-0.05, 0) is 37.6 Å². The number of fused-ring (bicyclic) bond motifs is 3. The minimum Gasteiger partial charge on any atom is -0.368 e. The molecule has 2 N–H and O–H groups in total. The van der Waals surface area contributed by atoms with Gasteiger partial charge in [-0.1, -0.05) is 0 Å². The number of anilines is 1. The monoisotopic (exact) mass is 364 g/mol. The Morgan fingerprint density at radius 1 is 1.33 bits per heavy atom. The maximum atomic E-state index is 14.1. The Bertz CT molecular complexity index is 988. The molecule has 27 heavy (non-hydrogen) atoms. The summed E-state index contributed by atoms with van der Waals surface area (Å²) in [6.07, 6.45) is 9.81. The van der Waals surface area contributed by atoms with Gasteiger partial charge in [0.25, 0.3) is 0 Å². The summed E-state index contributed by atoms with van der Waals surface area (Å²) in [6, 6.07) is 3.29. The SMILES string of the molecule is N#Cc1cnc(N[C@H]2CC[C@@H](c3nnc4n3C3C=CNC3N=C4)C2)c(F)c1. The molecule has 2 unspecified atom stereocenters. The van der Waals surface area contributed by atoms with E-state index in [1.165, 1.54) is 12.3 Å². The Kier molecular flexibility index (Phi) is 3.63. The third-order valence-corrected chi connectivity index (χ3v) is 5.39. The summed E-state index contributed by atoms with van der Waals surface area (Å²) in [7, 11) is 0. The number of hydrogen-bond donors (Lipinski definition) is 2. The molecule has 0 amide bonds. The molecule has 1 aliphatic carbocycles. The average Bonchev–Trinajstić information content (AvgIpc) is 3.41. The second-order valence-electron chi connectivity index (χ2n) is 7.04. The van der Waals surface area contributed by atoms with Gasteiger partial charge in [0.05, 0.1) is 17.8 Å². The zero-order valence-corrected chi connectivity index (χ0v) is 14.4. The summed E-state index contributed by atoms with van der Waals surface area (Å²) in [6.45, 7) is 0. The third kappa shape index (κ3) is 2.65. The summed E-state index contributed by atoms with van der Waals surface area (Å²) >= 11 is 0. The van der Waals surface area contributed by atoms with Gasteiger partial charge in [0.15, 0.2) is 17.5 Å². The van der Waals surface area contributed by atoms with E-state index in [0.717, 1.165) is 30.9 Å². The van der Waals surface area contributed by atoms with Gasteiger partial charge in [-0.15, -0.1) is 10.2 Å². The van der Waals surface area contributed by atoms with Crippen LogP contribution in [-0.4, -0.2) is 38.2 Å². The molecule has 4 atom stereocenters. The van der Waals surface area contributed by atoms with Gasteiger partial charge in [-0.25, -0.2) is 9.37 Å². The van der Waals surface area contributed by atoms with Gasteiger partial charge in [0.2, 0.25) is 0 Å². The largest absolute Gasteiger partial charge is 0.368 e. The molecule has 2 aromatic rings. The molecule has 1 fully saturated rings. The number of aliphatic imine (C=N–C) groups is 1. The van der Waals surface area contributed by atoms with Gasteiger partial charge >= 0.3 is 0 Å². The van der Waals surface area contributed by atoms with Gasteiger partial charge in [0, 0.05) is 18.2 Å². The van der Waals surface area contributed by atoms with Crippen LogP contribution in [0.4, 0.5) is 10.2 Å². The van der Waals surface area contributed by atoms with Crippen molar-refractivity contribution in [2.75, 3.05) is 5.32 Å². The second-order valence-corrected chi connectivity index (χ2v) is 7.04. The molecular formula is C18H17FN8. The van der Waals surface area contributed by atoms with Crippen molar-refractivity contribution < 1.29 is 4.39 Å². The lowest BCUT2D eigenvalue weighted by atomic mass is 10.1. The first kappa shape index (κ1) is 15.9. The van der Waals surface area contributed by atoms with Crippen LogP contribution in [0.5, 0.6) is 0 Å². The first-order valence-electron chi connectivity index (χ1n) is 8.96. The van der Waals surface area contributed by atoms with E-state index in [1.54, 1.807) is 6.21 Å². The molecule has 8 nitrogen and oxygen atoms in total. The second kappa shape index (κ2) is 6.16. The first-order chi connectivity index (χ1) is 13.2. The van der Waals surface area contributed by atoms with Crippen LogP contribution >= 0.6 is 0 Å². The molecular weight excluding hydrogens is 347 g/mol. The van der Waals surface area contributed by atoms with Crippen molar-refractivity contribution in [1.82, 2.24) is 25.1 Å². The molecule has 0 radical (unpaired) electrons. The van der Waals surface area contributed by atoms with Crippen molar-refractivity contribution in [2.45, 2.75) is 43.4 Å². The van der Waals surface area contributed by atoms with E-state index in [9.17, 15) is 4.39 Å². The zero-order chi connectivity index (χ0) is 18.4. The number of halogens is 1. The highest BCUT2D eigenvalue weighted by Crippen LogP contribution is 2.38. The first-order valence-corrected chi connectivity index (χ1v) is 8.96. The molecule has 2 aliphatic heterocycles. The fourth-order valence-electron chi connectivity index (χ4n) is 4.10. The molecule has 0 saturated heterocycles. The van der Waals surface area contributed by atoms with Crippen molar-refractivity contribution in [3.05, 3.63) is 47.6 Å². The number of rotatable bonds is 3. The van der Waals surface area contributed by atoms with E-state index >= 15 is 0 Å². The molecule has 0 bridgehead atoms. The van der Waals surface area contributed by atoms with Crippen molar-refractivity contribution in [3.63, 3.8) is 0 Å². The molecule has 0 aromatic carbocycles. The number of nitrogens with one attached hydrogen (secondary N) is 2. The highest BCUT2D eigenvalue weighted by molar-refractivity contribution is 5.76. The Hall–Kier alpha value is -3.28. The minimum atomic E-state index is -0.501. The maximum Gasteiger partial charge on any atom is 0.175 e. The van der Waals surface area contributed by atoms with E-state index in [4.69, 9.17) is 5.26 Å². The molecule has 1 saturated carbocycles. The van der Waals surface area contributed by atoms with Crippen LogP contribution in [-0.2, 0) is 0 Å². The van der Waals surface area contributed by atoms with Crippen LogP contribution in [0.2, 0.25) is 0 Å². The van der Waals surface area contributed by atoms with Crippen molar-refractivity contribution in [2.24, 2.45) is 4.99 Å².